The van der Waals surface area contributed by atoms with Crippen molar-refractivity contribution in [2.45, 2.75) is 59.6 Å². The van der Waals surface area contributed by atoms with Gasteiger partial charge in [0.1, 0.15) is 11.4 Å². The topological polar surface area (TPSA) is 21.3 Å². The zero-order valence-electron chi connectivity index (χ0n) is 15.3. The Balaban J connectivity index is 2.48. The Morgan fingerprint density at radius 2 is 1.74 bits per heavy atom. The first-order chi connectivity index (χ1) is 10.7. The van der Waals surface area contributed by atoms with Crippen LogP contribution in [0.1, 0.15) is 51.3 Å². The maximum absolute atomic E-state index is 6.47. The van der Waals surface area contributed by atoms with Crippen molar-refractivity contribution in [2.24, 2.45) is 0 Å². The minimum absolute atomic E-state index is 0.197. The third-order valence-electron chi connectivity index (χ3n) is 5.56. The molecule has 2 aromatic rings. The van der Waals surface area contributed by atoms with Gasteiger partial charge in [0.15, 0.2) is 0 Å². The van der Waals surface area contributed by atoms with E-state index < -0.39 is 0 Å². The predicted octanol–water partition coefficient (Wildman–Crippen LogP) is 5.85. The van der Waals surface area contributed by atoms with Gasteiger partial charge in [0.25, 0.3) is 0 Å². The van der Waals surface area contributed by atoms with Crippen molar-refractivity contribution >= 4 is 22.5 Å². The highest BCUT2D eigenvalue weighted by atomic mass is 16.5. The molecular weight excluding hydrogens is 282 g/mol. The van der Waals surface area contributed by atoms with Crippen LogP contribution in [0.25, 0.3) is 16.8 Å². The summed E-state index contributed by atoms with van der Waals surface area (Å²) >= 11 is 0. The van der Waals surface area contributed by atoms with E-state index in [1.807, 2.05) is 0 Å². The van der Waals surface area contributed by atoms with Crippen molar-refractivity contribution in [2.75, 3.05) is 5.32 Å². The van der Waals surface area contributed by atoms with E-state index in [-0.39, 0.29) is 11.1 Å². The van der Waals surface area contributed by atoms with Crippen LogP contribution in [0.4, 0.5) is 5.69 Å². The quantitative estimate of drug-likeness (QED) is 0.713. The van der Waals surface area contributed by atoms with Gasteiger partial charge in [-0.25, -0.2) is 0 Å². The van der Waals surface area contributed by atoms with Crippen LogP contribution >= 0.6 is 0 Å². The zero-order valence-corrected chi connectivity index (χ0v) is 15.3. The lowest BCUT2D eigenvalue weighted by atomic mass is 9.85. The molecule has 0 aliphatic carbocycles. The van der Waals surface area contributed by atoms with Crippen LogP contribution < -0.4 is 10.1 Å². The fourth-order valence-electron chi connectivity index (χ4n) is 3.28. The van der Waals surface area contributed by atoms with Gasteiger partial charge in [-0.15, -0.1) is 0 Å². The van der Waals surface area contributed by atoms with E-state index in [1.54, 1.807) is 0 Å². The lowest BCUT2D eigenvalue weighted by Gasteiger charge is -2.41. The van der Waals surface area contributed by atoms with E-state index >= 15 is 0 Å². The highest BCUT2D eigenvalue weighted by Crippen LogP contribution is 2.46. The normalized spacial score (nSPS) is 18.6. The zero-order chi connectivity index (χ0) is 17.0. The minimum atomic E-state index is -0.324. The van der Waals surface area contributed by atoms with Crippen molar-refractivity contribution in [3.8, 4) is 5.75 Å². The van der Waals surface area contributed by atoms with Crippen LogP contribution in [0.3, 0.4) is 0 Å². The molecule has 0 aromatic heterocycles. The molecular formula is C21H27NO. The molecule has 0 radical (unpaired) electrons. The molecule has 2 heteroatoms. The summed E-state index contributed by atoms with van der Waals surface area (Å²) in [5.74, 6) is 0.967. The number of allylic oxidation sites excluding steroid dienone is 1. The maximum Gasteiger partial charge on any atom is 0.130 e. The Bertz CT molecular complexity index is 812. The second kappa shape index (κ2) is 5.02. The van der Waals surface area contributed by atoms with Crippen LogP contribution in [0.15, 0.2) is 24.3 Å². The van der Waals surface area contributed by atoms with Crippen LogP contribution in [0.5, 0.6) is 5.75 Å². The summed E-state index contributed by atoms with van der Waals surface area (Å²) < 4.78 is 6.47. The van der Waals surface area contributed by atoms with Crippen molar-refractivity contribution < 1.29 is 4.74 Å². The number of benzene rings is 2. The number of hydrogen-bond donors (Lipinski definition) is 1. The first-order valence-electron chi connectivity index (χ1n) is 8.35. The SMILES string of the molecule is C/C=C\c1c(C)c(C)c2cccc3c2c1NC(C)(C)C(C)(C)O3. The van der Waals surface area contributed by atoms with Crippen molar-refractivity contribution in [1.82, 2.24) is 0 Å². The molecule has 0 bridgehead atoms. The van der Waals surface area contributed by atoms with Gasteiger partial charge in [0, 0.05) is 10.9 Å². The lowest BCUT2D eigenvalue weighted by molar-refractivity contribution is 0.0545. The smallest absolute Gasteiger partial charge is 0.130 e. The fraction of sp³-hybridized carbons (Fsp3) is 0.429. The summed E-state index contributed by atoms with van der Waals surface area (Å²) in [5.41, 5.74) is 4.57. The number of rotatable bonds is 1. The molecule has 0 amide bonds. The van der Waals surface area contributed by atoms with Crippen molar-refractivity contribution in [3.63, 3.8) is 0 Å². The fourth-order valence-corrected chi connectivity index (χ4v) is 3.28. The second-order valence-corrected chi connectivity index (χ2v) is 7.58. The summed E-state index contributed by atoms with van der Waals surface area (Å²) in [6, 6.07) is 6.38. The standard InChI is InChI=1S/C21H27NO/c1-8-10-16-14(3)13(2)15-11-9-12-17-18(15)19(16)22-20(4,5)21(6,7)23-17/h8-12,22H,1-7H3/b10-8-. The highest BCUT2D eigenvalue weighted by Gasteiger charge is 2.42. The summed E-state index contributed by atoms with van der Waals surface area (Å²) in [5, 5.41) is 6.26. The van der Waals surface area contributed by atoms with Crippen LogP contribution in [-0.2, 0) is 0 Å². The predicted molar refractivity (Wildman–Crippen MR) is 101 cm³/mol. The van der Waals surface area contributed by atoms with Crippen molar-refractivity contribution in [1.29, 1.82) is 0 Å². The van der Waals surface area contributed by atoms with Gasteiger partial charge < -0.3 is 10.1 Å². The molecule has 0 spiro atoms. The number of anilines is 1. The monoisotopic (exact) mass is 309 g/mol. The minimum Gasteiger partial charge on any atom is -0.485 e. The molecule has 1 heterocycles. The average molecular weight is 309 g/mol. The van der Waals surface area contributed by atoms with Gasteiger partial charge in [0.05, 0.1) is 11.2 Å². The Hall–Kier alpha value is -1.96. The molecule has 1 N–H and O–H groups in total. The summed E-state index contributed by atoms with van der Waals surface area (Å²) in [6.45, 7) is 15.2. The molecule has 23 heavy (non-hydrogen) atoms. The van der Waals surface area contributed by atoms with E-state index in [1.165, 1.54) is 33.2 Å². The summed E-state index contributed by atoms with van der Waals surface area (Å²) in [6.07, 6.45) is 4.31. The van der Waals surface area contributed by atoms with E-state index in [0.29, 0.717) is 0 Å². The molecule has 2 aromatic carbocycles. The van der Waals surface area contributed by atoms with Crippen molar-refractivity contribution in [3.05, 3.63) is 41.0 Å². The molecule has 1 aliphatic rings. The Morgan fingerprint density at radius 3 is 2.39 bits per heavy atom. The molecule has 0 saturated heterocycles. The summed E-state index contributed by atoms with van der Waals surface area (Å²) in [7, 11) is 0. The van der Waals surface area contributed by atoms with Gasteiger partial charge in [-0.05, 0) is 71.0 Å². The van der Waals surface area contributed by atoms with E-state index in [2.05, 4.69) is 84.1 Å². The Morgan fingerprint density at radius 1 is 1.04 bits per heavy atom. The van der Waals surface area contributed by atoms with Gasteiger partial charge in [-0.1, -0.05) is 24.3 Å². The molecule has 1 aliphatic heterocycles. The van der Waals surface area contributed by atoms with Crippen LogP contribution in [0.2, 0.25) is 0 Å². The first-order valence-corrected chi connectivity index (χ1v) is 8.35. The second-order valence-electron chi connectivity index (χ2n) is 7.58. The molecule has 0 saturated carbocycles. The number of ether oxygens (including phenoxy) is 1. The molecule has 0 unspecified atom stereocenters. The average Bonchev–Trinajstić information content (AvgIpc) is 2.54. The molecule has 2 nitrogen and oxygen atoms in total. The first kappa shape index (κ1) is 15.9. The number of hydrogen-bond acceptors (Lipinski definition) is 2. The third-order valence-corrected chi connectivity index (χ3v) is 5.56. The van der Waals surface area contributed by atoms with Gasteiger partial charge >= 0.3 is 0 Å². The number of nitrogens with one attached hydrogen (secondary N) is 1. The molecule has 122 valence electrons. The molecule has 0 atom stereocenters. The highest BCUT2D eigenvalue weighted by molar-refractivity contribution is 6.05. The largest absolute Gasteiger partial charge is 0.485 e. The maximum atomic E-state index is 6.47. The Kier molecular flexibility index (Phi) is 3.47. The third kappa shape index (κ3) is 2.23. The van der Waals surface area contributed by atoms with E-state index in [9.17, 15) is 0 Å². The van der Waals surface area contributed by atoms with Gasteiger partial charge in [0.2, 0.25) is 0 Å². The summed E-state index contributed by atoms with van der Waals surface area (Å²) in [4.78, 5) is 0. The van der Waals surface area contributed by atoms with Gasteiger partial charge in [-0.3, -0.25) is 0 Å². The van der Waals surface area contributed by atoms with E-state index in [4.69, 9.17) is 4.74 Å². The lowest BCUT2D eigenvalue weighted by Crippen LogP contribution is -2.54. The van der Waals surface area contributed by atoms with Crippen LogP contribution in [0, 0.1) is 13.8 Å². The van der Waals surface area contributed by atoms with Crippen LogP contribution in [-0.4, -0.2) is 11.1 Å². The Labute approximate surface area is 139 Å². The molecule has 3 rings (SSSR count). The number of aryl methyl sites for hydroxylation is 1. The van der Waals surface area contributed by atoms with Gasteiger partial charge in [-0.2, -0.15) is 0 Å². The van der Waals surface area contributed by atoms with E-state index in [0.717, 1.165) is 5.75 Å². The molecule has 0 fully saturated rings.